The molecule has 0 radical (unpaired) electrons. The standard InChI is InChI=1S/C19H17NS/c1-11(2)19-12(3)20(4)16-10-18-14(9-15(16)19)13-7-5-6-8-17(13)21-18/h5-10H,3H2,1-2,4H3. The number of hydrogen-bond acceptors (Lipinski definition) is 1. The highest BCUT2D eigenvalue weighted by Gasteiger charge is 2.10. The van der Waals surface area contributed by atoms with Crippen molar-refractivity contribution in [3.63, 3.8) is 0 Å². The third-order valence-corrected chi connectivity index (χ3v) is 5.45. The molecule has 0 atom stereocenters. The summed E-state index contributed by atoms with van der Waals surface area (Å²) in [6, 6.07) is 13.3. The summed E-state index contributed by atoms with van der Waals surface area (Å²) in [5.41, 5.74) is 2.60. The highest BCUT2D eigenvalue weighted by Crippen LogP contribution is 2.35. The summed E-state index contributed by atoms with van der Waals surface area (Å²) in [5, 5.41) is 6.43. The van der Waals surface area contributed by atoms with Crippen molar-refractivity contribution in [1.82, 2.24) is 4.57 Å². The largest absolute Gasteiger partial charge is 0.344 e. The van der Waals surface area contributed by atoms with Gasteiger partial charge in [0, 0.05) is 43.2 Å². The van der Waals surface area contributed by atoms with E-state index in [4.69, 9.17) is 0 Å². The second kappa shape index (κ2) is 4.22. The molecule has 4 rings (SSSR count). The van der Waals surface area contributed by atoms with E-state index in [0.717, 1.165) is 5.35 Å². The summed E-state index contributed by atoms with van der Waals surface area (Å²) in [5.74, 6) is 0. The van der Waals surface area contributed by atoms with Gasteiger partial charge in [0.15, 0.2) is 0 Å². The van der Waals surface area contributed by atoms with Crippen molar-refractivity contribution in [2.75, 3.05) is 0 Å². The van der Waals surface area contributed by atoms with Gasteiger partial charge in [-0.15, -0.1) is 11.3 Å². The minimum Gasteiger partial charge on any atom is -0.344 e. The number of aryl methyl sites for hydroxylation is 1. The van der Waals surface area contributed by atoms with Crippen molar-refractivity contribution in [1.29, 1.82) is 0 Å². The fourth-order valence-corrected chi connectivity index (χ4v) is 4.39. The highest BCUT2D eigenvalue weighted by atomic mass is 32.1. The molecule has 0 amide bonds. The van der Waals surface area contributed by atoms with Crippen LogP contribution in [0.1, 0.15) is 13.8 Å². The Balaban J connectivity index is 2.35. The minimum absolute atomic E-state index is 1.10. The first kappa shape index (κ1) is 12.7. The van der Waals surface area contributed by atoms with Crippen LogP contribution in [0.2, 0.25) is 0 Å². The van der Waals surface area contributed by atoms with Gasteiger partial charge in [-0.25, -0.2) is 0 Å². The Kier molecular flexibility index (Phi) is 2.54. The zero-order chi connectivity index (χ0) is 14.7. The molecule has 2 heterocycles. The van der Waals surface area contributed by atoms with Gasteiger partial charge in [-0.3, -0.25) is 0 Å². The third kappa shape index (κ3) is 1.63. The van der Waals surface area contributed by atoms with Crippen LogP contribution in [0.3, 0.4) is 0 Å². The van der Waals surface area contributed by atoms with Gasteiger partial charge < -0.3 is 4.57 Å². The number of benzene rings is 2. The summed E-state index contributed by atoms with van der Waals surface area (Å²) >= 11 is 1.87. The van der Waals surface area contributed by atoms with Gasteiger partial charge in [0.25, 0.3) is 0 Å². The highest BCUT2D eigenvalue weighted by molar-refractivity contribution is 7.25. The van der Waals surface area contributed by atoms with Gasteiger partial charge in [0.1, 0.15) is 0 Å². The molecular formula is C19H17NS. The van der Waals surface area contributed by atoms with E-state index < -0.39 is 0 Å². The minimum atomic E-state index is 1.10. The van der Waals surface area contributed by atoms with Crippen LogP contribution in [-0.4, -0.2) is 4.57 Å². The van der Waals surface area contributed by atoms with Gasteiger partial charge in [0.2, 0.25) is 0 Å². The Morgan fingerprint density at radius 2 is 1.76 bits per heavy atom. The summed E-state index contributed by atoms with van der Waals surface area (Å²) in [7, 11) is 2.11. The molecule has 104 valence electrons. The molecule has 0 saturated heterocycles. The quantitative estimate of drug-likeness (QED) is 0.459. The van der Waals surface area contributed by atoms with Crippen LogP contribution >= 0.6 is 11.3 Å². The number of fused-ring (bicyclic) bond motifs is 4. The van der Waals surface area contributed by atoms with Crippen molar-refractivity contribution in [2.45, 2.75) is 13.8 Å². The molecule has 2 aromatic carbocycles. The Labute approximate surface area is 127 Å². The van der Waals surface area contributed by atoms with Gasteiger partial charge >= 0.3 is 0 Å². The fourth-order valence-electron chi connectivity index (χ4n) is 3.26. The third-order valence-electron chi connectivity index (χ3n) is 4.32. The van der Waals surface area contributed by atoms with Gasteiger partial charge in [0.05, 0.1) is 5.52 Å². The average Bonchev–Trinajstić information content (AvgIpc) is 2.93. The van der Waals surface area contributed by atoms with Crippen molar-refractivity contribution in [3.05, 3.63) is 47.0 Å². The summed E-state index contributed by atoms with van der Waals surface area (Å²) in [6.45, 7) is 8.59. The first-order chi connectivity index (χ1) is 10.1. The molecule has 2 heteroatoms. The summed E-state index contributed by atoms with van der Waals surface area (Å²) < 4.78 is 4.92. The molecule has 4 aromatic rings. The van der Waals surface area contributed by atoms with Gasteiger partial charge in [-0.2, -0.15) is 0 Å². The van der Waals surface area contributed by atoms with E-state index in [1.54, 1.807) is 0 Å². The van der Waals surface area contributed by atoms with E-state index in [-0.39, 0.29) is 0 Å². The van der Waals surface area contributed by atoms with E-state index in [1.807, 2.05) is 11.3 Å². The predicted molar refractivity (Wildman–Crippen MR) is 95.3 cm³/mol. The molecule has 0 bridgehead atoms. The van der Waals surface area contributed by atoms with Crippen LogP contribution in [0.5, 0.6) is 0 Å². The normalized spacial score (nSPS) is 11.8. The Hall–Kier alpha value is -2.06. The lowest BCUT2D eigenvalue weighted by Gasteiger charge is -1.97. The number of aromatic nitrogens is 1. The van der Waals surface area contributed by atoms with Gasteiger partial charge in [-0.05, 0) is 32.0 Å². The van der Waals surface area contributed by atoms with Crippen molar-refractivity contribution in [3.8, 4) is 0 Å². The second-order valence-electron chi connectivity index (χ2n) is 5.84. The van der Waals surface area contributed by atoms with E-state index in [9.17, 15) is 0 Å². The van der Waals surface area contributed by atoms with Crippen LogP contribution in [0.4, 0.5) is 0 Å². The Bertz CT molecular complexity index is 1120. The van der Waals surface area contributed by atoms with E-state index in [0.29, 0.717) is 0 Å². The van der Waals surface area contributed by atoms with Crippen molar-refractivity contribution < 1.29 is 0 Å². The van der Waals surface area contributed by atoms with Crippen LogP contribution in [-0.2, 0) is 7.05 Å². The van der Waals surface area contributed by atoms with Crippen molar-refractivity contribution in [2.24, 2.45) is 7.05 Å². The Morgan fingerprint density at radius 1 is 1.00 bits per heavy atom. The molecule has 0 saturated carbocycles. The lowest BCUT2D eigenvalue weighted by atomic mass is 10.1. The first-order valence-corrected chi connectivity index (χ1v) is 7.95. The predicted octanol–water partition coefficient (Wildman–Crippen LogP) is 4.15. The lowest BCUT2D eigenvalue weighted by molar-refractivity contribution is 0.927. The second-order valence-corrected chi connectivity index (χ2v) is 6.93. The molecule has 0 aliphatic heterocycles. The van der Waals surface area contributed by atoms with E-state index in [1.165, 1.54) is 41.9 Å². The average molecular weight is 291 g/mol. The van der Waals surface area contributed by atoms with E-state index >= 15 is 0 Å². The lowest BCUT2D eigenvalue weighted by Crippen LogP contribution is -2.27. The van der Waals surface area contributed by atoms with Crippen molar-refractivity contribution >= 4 is 54.6 Å². The van der Waals surface area contributed by atoms with Crippen LogP contribution in [0.25, 0.3) is 43.2 Å². The topological polar surface area (TPSA) is 4.93 Å². The van der Waals surface area contributed by atoms with Crippen LogP contribution in [0.15, 0.2) is 36.4 Å². The van der Waals surface area contributed by atoms with Crippen LogP contribution < -0.4 is 10.6 Å². The summed E-state index contributed by atoms with van der Waals surface area (Å²) in [6.07, 6.45) is 0. The zero-order valence-electron chi connectivity index (χ0n) is 12.5. The molecule has 2 aromatic heterocycles. The SMILES string of the molecule is C=c1c(=C(C)C)c2cc3c(cc2n1C)sc1ccccc13. The number of nitrogens with zero attached hydrogens (tertiary/aromatic N) is 1. The molecule has 21 heavy (non-hydrogen) atoms. The maximum absolute atomic E-state index is 4.26. The number of thiophene rings is 1. The first-order valence-electron chi connectivity index (χ1n) is 7.14. The number of rotatable bonds is 0. The fraction of sp³-hybridized carbons (Fsp3) is 0.158. The molecular weight excluding hydrogens is 274 g/mol. The molecule has 1 nitrogen and oxygen atoms in total. The molecule has 0 aliphatic carbocycles. The molecule has 0 N–H and O–H groups in total. The maximum Gasteiger partial charge on any atom is 0.0503 e. The molecule has 0 unspecified atom stereocenters. The molecule has 0 aliphatic rings. The maximum atomic E-state index is 4.26. The smallest absolute Gasteiger partial charge is 0.0503 e. The zero-order valence-corrected chi connectivity index (χ0v) is 13.3. The van der Waals surface area contributed by atoms with Gasteiger partial charge in [-0.1, -0.05) is 30.4 Å². The molecule has 0 spiro atoms. The number of hydrogen-bond donors (Lipinski definition) is 0. The Morgan fingerprint density at radius 3 is 2.52 bits per heavy atom. The molecule has 0 fully saturated rings. The summed E-state index contributed by atoms with van der Waals surface area (Å²) in [4.78, 5) is 0. The van der Waals surface area contributed by atoms with E-state index in [2.05, 4.69) is 68.4 Å². The monoisotopic (exact) mass is 291 g/mol. The van der Waals surface area contributed by atoms with Crippen LogP contribution in [0, 0.1) is 0 Å².